The lowest BCUT2D eigenvalue weighted by molar-refractivity contribution is -0.140. The molecule has 6 heteroatoms. The molecule has 1 saturated heterocycles. The Morgan fingerprint density at radius 2 is 1.60 bits per heavy atom. The summed E-state index contributed by atoms with van der Waals surface area (Å²) in [5.41, 5.74) is -0.729. The molecule has 3 rings (SSSR count). The van der Waals surface area contributed by atoms with E-state index in [0.717, 1.165) is 4.90 Å². The molecule has 102 valence electrons. The first-order valence-corrected chi connectivity index (χ1v) is 6.27. The van der Waals surface area contributed by atoms with Crippen molar-refractivity contribution >= 4 is 23.6 Å². The minimum absolute atomic E-state index is 0.107. The van der Waals surface area contributed by atoms with Crippen LogP contribution in [0.4, 0.5) is 0 Å². The molecule has 1 atom stereocenters. The van der Waals surface area contributed by atoms with E-state index in [1.54, 1.807) is 24.3 Å². The molecule has 4 amide bonds. The molecule has 1 aromatic rings. The van der Waals surface area contributed by atoms with Gasteiger partial charge in [0.15, 0.2) is 0 Å². The summed E-state index contributed by atoms with van der Waals surface area (Å²) < 4.78 is 0. The highest BCUT2D eigenvalue weighted by atomic mass is 16.2. The highest BCUT2D eigenvalue weighted by Gasteiger charge is 2.52. The largest absolute Gasteiger partial charge is 0.294 e. The van der Waals surface area contributed by atoms with Crippen LogP contribution in [0.15, 0.2) is 24.3 Å². The van der Waals surface area contributed by atoms with Crippen molar-refractivity contribution in [2.45, 2.75) is 25.3 Å². The fourth-order valence-corrected chi connectivity index (χ4v) is 2.65. The summed E-state index contributed by atoms with van der Waals surface area (Å²) in [7, 11) is 0. The number of carbonyl (C=O) groups is 4. The van der Waals surface area contributed by atoms with E-state index in [1.807, 2.05) is 0 Å². The number of nitrogens with zero attached hydrogens (tertiary/aromatic N) is 1. The maximum absolute atomic E-state index is 12.4. The molecule has 1 aromatic carbocycles. The van der Waals surface area contributed by atoms with Gasteiger partial charge in [-0.2, -0.15) is 0 Å². The number of hydrogen-bond donors (Lipinski definition) is 1. The first-order valence-electron chi connectivity index (χ1n) is 6.27. The maximum Gasteiger partial charge on any atom is 0.262 e. The van der Waals surface area contributed by atoms with Crippen molar-refractivity contribution in [1.29, 1.82) is 0 Å². The topological polar surface area (TPSA) is 83.6 Å². The molecule has 0 unspecified atom stereocenters. The monoisotopic (exact) mass is 272 g/mol. The molecular formula is C14H12N2O4. The molecule has 0 radical (unpaired) electrons. The Balaban J connectivity index is 2.04. The number of rotatable bonds is 1. The molecule has 6 nitrogen and oxygen atoms in total. The van der Waals surface area contributed by atoms with Gasteiger partial charge in [-0.15, -0.1) is 0 Å². The Morgan fingerprint density at radius 1 is 1.05 bits per heavy atom. The molecule has 0 saturated carbocycles. The minimum atomic E-state index is -1.32. The quantitative estimate of drug-likeness (QED) is 0.754. The Morgan fingerprint density at radius 3 is 2.10 bits per heavy atom. The summed E-state index contributed by atoms with van der Waals surface area (Å²) in [6.07, 6.45) is 0.249. The van der Waals surface area contributed by atoms with Crippen LogP contribution < -0.4 is 5.32 Å². The maximum atomic E-state index is 12.4. The predicted molar refractivity (Wildman–Crippen MR) is 67.7 cm³/mol. The third kappa shape index (κ3) is 1.51. The van der Waals surface area contributed by atoms with E-state index in [4.69, 9.17) is 0 Å². The molecule has 0 aromatic heterocycles. The van der Waals surface area contributed by atoms with Crippen molar-refractivity contribution in [2.24, 2.45) is 0 Å². The van der Waals surface area contributed by atoms with Crippen LogP contribution in [0.2, 0.25) is 0 Å². The third-order valence-electron chi connectivity index (χ3n) is 3.87. The van der Waals surface area contributed by atoms with Gasteiger partial charge in [0.1, 0.15) is 5.54 Å². The summed E-state index contributed by atoms with van der Waals surface area (Å²) in [5.74, 6) is -1.97. The lowest BCUT2D eigenvalue weighted by Crippen LogP contribution is -2.62. The smallest absolute Gasteiger partial charge is 0.262 e. The van der Waals surface area contributed by atoms with Crippen molar-refractivity contribution in [2.75, 3.05) is 0 Å². The number of nitrogens with one attached hydrogen (secondary N) is 1. The van der Waals surface area contributed by atoms with Crippen molar-refractivity contribution in [1.82, 2.24) is 10.2 Å². The summed E-state index contributed by atoms with van der Waals surface area (Å²) >= 11 is 0. The lowest BCUT2D eigenvalue weighted by atomic mass is 9.89. The van der Waals surface area contributed by atoms with Crippen molar-refractivity contribution in [3.05, 3.63) is 35.4 Å². The van der Waals surface area contributed by atoms with Crippen molar-refractivity contribution < 1.29 is 19.2 Å². The van der Waals surface area contributed by atoms with E-state index in [-0.39, 0.29) is 18.7 Å². The lowest BCUT2D eigenvalue weighted by Gasteiger charge is -2.38. The van der Waals surface area contributed by atoms with E-state index in [0.29, 0.717) is 11.1 Å². The van der Waals surface area contributed by atoms with Crippen LogP contribution in [0.1, 0.15) is 40.5 Å². The molecule has 2 aliphatic rings. The van der Waals surface area contributed by atoms with Crippen LogP contribution in [-0.2, 0) is 9.59 Å². The second-order valence-electron chi connectivity index (χ2n) is 5.14. The molecule has 1 N–H and O–H groups in total. The summed E-state index contributed by atoms with van der Waals surface area (Å²) in [6, 6.07) is 6.45. The molecule has 1 fully saturated rings. The number of fused-ring (bicyclic) bond motifs is 1. The van der Waals surface area contributed by atoms with Gasteiger partial charge in [0.05, 0.1) is 11.1 Å². The van der Waals surface area contributed by atoms with Crippen molar-refractivity contribution in [3.8, 4) is 0 Å². The fourth-order valence-electron chi connectivity index (χ4n) is 2.65. The SMILES string of the molecule is C[C@]1(N2C(=O)c3ccccc3C2=O)CCC(=O)NC1=O. The number of benzene rings is 1. The van der Waals surface area contributed by atoms with Gasteiger partial charge in [-0.3, -0.25) is 29.4 Å². The van der Waals surface area contributed by atoms with Gasteiger partial charge in [-0.05, 0) is 25.5 Å². The molecule has 2 aliphatic heterocycles. The Hall–Kier alpha value is -2.50. The first-order chi connectivity index (χ1) is 9.45. The second-order valence-corrected chi connectivity index (χ2v) is 5.14. The summed E-state index contributed by atoms with van der Waals surface area (Å²) in [4.78, 5) is 49.0. The van der Waals surface area contributed by atoms with Crippen LogP contribution in [0.3, 0.4) is 0 Å². The average molecular weight is 272 g/mol. The van der Waals surface area contributed by atoms with Gasteiger partial charge in [0.25, 0.3) is 17.7 Å². The number of piperidine rings is 1. The van der Waals surface area contributed by atoms with Crippen LogP contribution in [0.5, 0.6) is 0 Å². The number of hydrogen-bond acceptors (Lipinski definition) is 4. The highest BCUT2D eigenvalue weighted by Crippen LogP contribution is 2.33. The van der Waals surface area contributed by atoms with Gasteiger partial charge < -0.3 is 0 Å². The van der Waals surface area contributed by atoms with Crippen molar-refractivity contribution in [3.63, 3.8) is 0 Å². The third-order valence-corrected chi connectivity index (χ3v) is 3.87. The molecule has 20 heavy (non-hydrogen) atoms. The molecule has 0 aliphatic carbocycles. The van der Waals surface area contributed by atoms with Crippen LogP contribution in [0, 0.1) is 0 Å². The minimum Gasteiger partial charge on any atom is -0.294 e. The number of amides is 4. The van der Waals surface area contributed by atoms with E-state index in [1.165, 1.54) is 6.92 Å². The standard InChI is InChI=1S/C14H12N2O4/c1-14(7-6-10(17)15-13(14)20)16-11(18)8-4-2-3-5-9(8)12(16)19/h2-5H,6-7H2,1H3,(H,15,17,20)/t14-/m0/s1. The van der Waals surface area contributed by atoms with Gasteiger partial charge in [0, 0.05) is 6.42 Å². The van der Waals surface area contributed by atoms with E-state index >= 15 is 0 Å². The molecule has 0 spiro atoms. The van der Waals surface area contributed by atoms with Crippen LogP contribution in [0.25, 0.3) is 0 Å². The fraction of sp³-hybridized carbons (Fsp3) is 0.286. The zero-order valence-electron chi connectivity index (χ0n) is 10.8. The Kier molecular flexibility index (Phi) is 2.50. The second kappa shape index (κ2) is 4.00. The van der Waals surface area contributed by atoms with Crippen LogP contribution >= 0.6 is 0 Å². The van der Waals surface area contributed by atoms with Gasteiger partial charge in [0.2, 0.25) is 5.91 Å². The molecule has 0 bridgehead atoms. The Labute approximate surface area is 114 Å². The average Bonchev–Trinajstić information content (AvgIpc) is 2.68. The summed E-state index contributed by atoms with van der Waals surface area (Å²) in [6.45, 7) is 1.51. The number of carbonyl (C=O) groups excluding carboxylic acids is 4. The zero-order valence-corrected chi connectivity index (χ0v) is 10.8. The molecular weight excluding hydrogens is 260 g/mol. The van der Waals surface area contributed by atoms with Gasteiger partial charge in [-0.1, -0.05) is 12.1 Å². The first kappa shape index (κ1) is 12.5. The normalized spacial score (nSPS) is 25.8. The van der Waals surface area contributed by atoms with Gasteiger partial charge in [-0.25, -0.2) is 0 Å². The highest BCUT2D eigenvalue weighted by molar-refractivity contribution is 6.24. The van der Waals surface area contributed by atoms with Gasteiger partial charge >= 0.3 is 0 Å². The summed E-state index contributed by atoms with van der Waals surface area (Å²) in [5, 5.41) is 2.19. The zero-order chi connectivity index (χ0) is 14.5. The predicted octanol–water partition coefficient (Wildman–Crippen LogP) is 0.478. The Bertz CT molecular complexity index is 632. The van der Waals surface area contributed by atoms with E-state index in [9.17, 15) is 19.2 Å². The van der Waals surface area contributed by atoms with E-state index < -0.39 is 23.3 Å². The molecule has 2 heterocycles. The van der Waals surface area contributed by atoms with Crippen LogP contribution in [-0.4, -0.2) is 34.1 Å². The number of imide groups is 2. The van der Waals surface area contributed by atoms with E-state index in [2.05, 4.69) is 5.32 Å².